The van der Waals surface area contributed by atoms with Gasteiger partial charge in [0.05, 0.1) is 22.9 Å². The predicted molar refractivity (Wildman–Crippen MR) is 206 cm³/mol. The molecule has 2 aliphatic carbocycles. The molecule has 262 valence electrons. The number of benzene rings is 4. The van der Waals surface area contributed by atoms with E-state index in [0.717, 1.165) is 22.6 Å². The molecule has 0 aliphatic heterocycles. The van der Waals surface area contributed by atoms with Crippen LogP contribution in [0.2, 0.25) is 0 Å². The van der Waals surface area contributed by atoms with Crippen molar-refractivity contribution in [3.8, 4) is 22.3 Å². The summed E-state index contributed by atoms with van der Waals surface area (Å²) in [7, 11) is 2.06. The maximum atomic E-state index is 9.19. The van der Waals surface area contributed by atoms with Crippen molar-refractivity contribution in [3.63, 3.8) is 0 Å². The van der Waals surface area contributed by atoms with E-state index in [-0.39, 0.29) is 20.4 Å². The van der Waals surface area contributed by atoms with Crippen LogP contribution >= 0.6 is 7.92 Å². The predicted octanol–water partition coefficient (Wildman–Crippen LogP) is 9.62. The molecule has 2 N–H and O–H groups in total. The fraction of sp³-hybridized carbons (Fsp3) is 0.400. The van der Waals surface area contributed by atoms with Gasteiger partial charge in [-0.05, 0) is 75.3 Å². The number of nitrogens with one attached hydrogen (secondary N) is 1. The van der Waals surface area contributed by atoms with Gasteiger partial charge in [-0.15, -0.1) is 35.9 Å². The van der Waals surface area contributed by atoms with Gasteiger partial charge in [0.1, 0.15) is 0 Å². The molecule has 0 heterocycles. The quantitative estimate of drug-likeness (QED) is 0.0847. The van der Waals surface area contributed by atoms with Crippen LogP contribution in [0.4, 0.5) is 11.4 Å². The number of hydrogen-bond acceptors (Lipinski definition) is 4. The normalized spacial score (nSPS) is 15.2. The van der Waals surface area contributed by atoms with E-state index in [1.807, 2.05) is 37.4 Å². The Labute approximate surface area is 305 Å². The average molecular weight is 779 g/mol. The van der Waals surface area contributed by atoms with Gasteiger partial charge in [0.25, 0.3) is 10.1 Å². The molecule has 2 aliphatic rings. The molecule has 0 atom stereocenters. The summed E-state index contributed by atoms with van der Waals surface area (Å²) in [6, 6.07) is 38.0. The Bertz CT molecular complexity index is 1600. The largest absolute Gasteiger partial charge is 0.395 e. The van der Waals surface area contributed by atoms with Crippen LogP contribution in [-0.2, 0) is 30.5 Å². The zero-order valence-corrected chi connectivity index (χ0v) is 32.3. The summed E-state index contributed by atoms with van der Waals surface area (Å²) >= 11 is 0. The minimum atomic E-state index is -3.67. The Morgan fingerprint density at radius 2 is 1.19 bits per heavy atom. The average Bonchev–Trinajstić information content (AvgIpc) is 3.09. The third-order valence-corrected chi connectivity index (χ3v) is 13.2. The molecule has 0 spiro atoms. The number of hydrogen-bond donors (Lipinski definition) is 2. The van der Waals surface area contributed by atoms with Crippen LogP contribution in [0, 0.1) is 6.07 Å². The minimum Gasteiger partial charge on any atom is -0.395 e. The van der Waals surface area contributed by atoms with Gasteiger partial charge >= 0.3 is 0 Å². The molecular formula is C40H53N2O3PPdS. The molecular weight excluding hydrogens is 726 g/mol. The van der Waals surface area contributed by atoms with Crippen molar-refractivity contribution in [1.82, 2.24) is 0 Å². The molecule has 2 fully saturated rings. The molecule has 8 heteroatoms. The van der Waals surface area contributed by atoms with Crippen molar-refractivity contribution < 1.29 is 33.4 Å². The fourth-order valence-corrected chi connectivity index (χ4v) is 11.6. The molecule has 2 saturated carbocycles. The Morgan fingerprint density at radius 1 is 0.708 bits per heavy atom. The van der Waals surface area contributed by atoms with E-state index in [2.05, 4.69) is 97.1 Å². The van der Waals surface area contributed by atoms with E-state index in [1.165, 1.54) is 86.6 Å². The third kappa shape index (κ3) is 12.1. The SMILES string of the molecule is CN(C)c1ccccc1-c1ccccc1[PH+](C1CCCCC1)C1CCCCC1.CNc1ccccc1-c1[c-]cccc1.CS(=O)(=O)O.[Pd]. The van der Waals surface area contributed by atoms with Crippen LogP contribution in [-0.4, -0.2) is 51.7 Å². The molecule has 4 aromatic rings. The second kappa shape index (κ2) is 20.2. The number of rotatable bonds is 7. The van der Waals surface area contributed by atoms with Crippen LogP contribution in [0.25, 0.3) is 22.3 Å². The summed E-state index contributed by atoms with van der Waals surface area (Å²) in [5.74, 6) is 0. The van der Waals surface area contributed by atoms with E-state index in [9.17, 15) is 8.42 Å². The van der Waals surface area contributed by atoms with Gasteiger partial charge in [0.15, 0.2) is 0 Å². The van der Waals surface area contributed by atoms with Crippen molar-refractivity contribution in [3.05, 3.63) is 103 Å². The third-order valence-electron chi connectivity index (χ3n) is 9.20. The van der Waals surface area contributed by atoms with E-state index >= 15 is 0 Å². The van der Waals surface area contributed by atoms with Crippen LogP contribution in [0.1, 0.15) is 64.2 Å². The standard InChI is InChI=1S/C26H36NP.C13H12N.CH4O3S.Pd/c1-27(2)25-19-11-9-17-23(25)24-18-10-12-20-26(24)28(21-13-5-3-6-14-21)22-15-7-4-8-16-22;1-14-13-10-6-5-9-12(13)11-7-3-2-4-8-11;1-5(2,3)4;/h9-12,17-22H,3-8,13-16H2,1-2H3;2-7,9-10,14H,1H3;1H3,(H,2,3,4);/q;-1;;/p+1. The summed E-state index contributed by atoms with van der Waals surface area (Å²) in [6.45, 7) is 0. The van der Waals surface area contributed by atoms with E-state index in [1.54, 1.807) is 5.30 Å². The Balaban J connectivity index is 0.000000261. The van der Waals surface area contributed by atoms with Crippen molar-refractivity contribution in [1.29, 1.82) is 0 Å². The van der Waals surface area contributed by atoms with Crippen LogP contribution in [0.5, 0.6) is 0 Å². The first-order valence-corrected chi connectivity index (χ1v) is 20.6. The van der Waals surface area contributed by atoms with Gasteiger partial charge in [-0.2, -0.15) is 8.42 Å². The summed E-state index contributed by atoms with van der Waals surface area (Å²) in [6.07, 6.45) is 15.4. The van der Waals surface area contributed by atoms with E-state index < -0.39 is 18.0 Å². The molecule has 0 unspecified atom stereocenters. The van der Waals surface area contributed by atoms with Crippen molar-refractivity contribution in [2.45, 2.75) is 75.5 Å². The van der Waals surface area contributed by atoms with Gasteiger partial charge in [-0.3, -0.25) is 4.55 Å². The monoisotopic (exact) mass is 778 g/mol. The molecule has 48 heavy (non-hydrogen) atoms. The smallest absolute Gasteiger partial charge is 0.261 e. The zero-order valence-electron chi connectivity index (χ0n) is 28.9. The van der Waals surface area contributed by atoms with E-state index in [0.29, 0.717) is 6.26 Å². The first-order chi connectivity index (χ1) is 22.7. The molecule has 0 amide bonds. The number of nitrogens with zero attached hydrogens (tertiary/aromatic N) is 1. The molecule has 4 aromatic carbocycles. The van der Waals surface area contributed by atoms with Gasteiger partial charge in [-0.1, -0.05) is 73.0 Å². The maximum absolute atomic E-state index is 9.19. The second-order valence-electron chi connectivity index (χ2n) is 12.9. The van der Waals surface area contributed by atoms with Gasteiger partial charge < -0.3 is 10.2 Å². The summed E-state index contributed by atoms with van der Waals surface area (Å²) in [5, 5.41) is 4.91. The summed E-state index contributed by atoms with van der Waals surface area (Å²) < 4.78 is 25.9. The fourth-order valence-electron chi connectivity index (χ4n) is 7.16. The second-order valence-corrected chi connectivity index (χ2v) is 17.4. The molecule has 6 rings (SSSR count). The number of anilines is 2. The summed E-state index contributed by atoms with van der Waals surface area (Å²) in [4.78, 5) is 2.28. The Morgan fingerprint density at radius 3 is 1.71 bits per heavy atom. The van der Waals surface area contributed by atoms with E-state index in [4.69, 9.17) is 4.55 Å². The first kappa shape index (κ1) is 39.9. The van der Waals surface area contributed by atoms with Crippen LogP contribution in [0.3, 0.4) is 0 Å². The molecule has 5 nitrogen and oxygen atoms in total. The van der Waals surface area contributed by atoms with Crippen molar-refractivity contribution in [2.24, 2.45) is 0 Å². The van der Waals surface area contributed by atoms with Gasteiger partial charge in [-0.25, -0.2) is 0 Å². The maximum Gasteiger partial charge on any atom is 0.261 e. The topological polar surface area (TPSA) is 69.6 Å². The Hall–Kier alpha value is -2.52. The first-order valence-electron chi connectivity index (χ1n) is 17.1. The number of para-hydroxylation sites is 2. The van der Waals surface area contributed by atoms with Crippen molar-refractivity contribution in [2.75, 3.05) is 37.6 Å². The zero-order chi connectivity index (χ0) is 33.6. The van der Waals surface area contributed by atoms with Crippen molar-refractivity contribution >= 4 is 34.7 Å². The molecule has 0 bridgehead atoms. The van der Waals surface area contributed by atoms with Crippen LogP contribution in [0.15, 0.2) is 97.1 Å². The summed E-state index contributed by atoms with van der Waals surface area (Å²) in [5.41, 5.74) is 9.71. The minimum absolute atomic E-state index is 0. The Kier molecular flexibility index (Phi) is 16.8. The van der Waals surface area contributed by atoms with Crippen LogP contribution < -0.4 is 15.5 Å². The van der Waals surface area contributed by atoms with Gasteiger partial charge in [0.2, 0.25) is 0 Å². The molecule has 0 radical (unpaired) electrons. The molecule has 0 saturated heterocycles. The van der Waals surface area contributed by atoms with Gasteiger partial charge in [0, 0.05) is 66.3 Å². The molecule has 0 aromatic heterocycles.